The van der Waals surface area contributed by atoms with E-state index in [1.807, 2.05) is 43.3 Å². The van der Waals surface area contributed by atoms with Crippen molar-refractivity contribution < 1.29 is 8.42 Å². The molecule has 0 atom stereocenters. The third-order valence-corrected chi connectivity index (χ3v) is 20.2. The highest BCUT2D eigenvalue weighted by Gasteiger charge is 2.27. The summed E-state index contributed by atoms with van der Waals surface area (Å²) in [5.74, 6) is 0. The molecule has 0 unspecified atom stereocenters. The lowest BCUT2D eigenvalue weighted by molar-refractivity contribution is 0.590. The number of nitrogens with zero attached hydrogens (tertiary/aromatic N) is 5. The molecule has 0 radical (unpaired) electrons. The van der Waals surface area contributed by atoms with E-state index in [9.17, 15) is 8.42 Å². The van der Waals surface area contributed by atoms with Gasteiger partial charge in [-0.25, -0.2) is 12.4 Å². The number of aryl methyl sites for hydroxylation is 1. The molecule has 8 heteroatoms. The summed E-state index contributed by atoms with van der Waals surface area (Å²) < 4.78 is 39.9. The maximum absolute atomic E-state index is 14.5. The largest absolute Gasteiger partial charge is 0.309 e. The number of para-hydroxylation sites is 8. The van der Waals surface area contributed by atoms with E-state index in [0.717, 1.165) is 56.2 Å². The molecule has 0 saturated carbocycles. The van der Waals surface area contributed by atoms with Gasteiger partial charge in [0.25, 0.3) is 10.0 Å². The molecule has 416 valence electrons. The van der Waals surface area contributed by atoms with Crippen LogP contribution in [0.4, 0.5) is 0 Å². The highest BCUT2D eigenvalue weighted by Crippen LogP contribution is 2.44. The fourth-order valence-electron chi connectivity index (χ4n) is 14.5. The summed E-state index contributed by atoms with van der Waals surface area (Å²) >= 11 is 0. The molecular formula is C80H53N5O2S. The second-order valence-corrected chi connectivity index (χ2v) is 25.1. The molecule has 13 aromatic carbocycles. The maximum atomic E-state index is 14.5. The average Bonchev–Trinajstić information content (AvgIpc) is 1.90. The standard InChI is InChI=1S/C43H29N3O2S.C37H24N2/c1-28-18-22-31(23-19-28)49(47,48)46-42-24-20-29(44-38-14-6-2-10-32(38)33-11-3-7-15-39(33)44)26-36(42)37-27-30(21-25-43(37)46)45-40-16-8-4-12-34(40)35-13-5-9-17-41(35)45;1-5-13-34-28(9-1)29-10-2-6-14-35(29)38(34)26-19-17-24-21-25-18-20-27(23-33(25)32(24)22-26)39-36-15-7-3-11-30(36)31-12-4-8-16-37(31)39/h2-27H,1H3;1-20,22-23H,21H2. The Hall–Kier alpha value is -11.2. The van der Waals surface area contributed by atoms with E-state index in [4.69, 9.17) is 0 Å². The Morgan fingerprint density at radius 3 is 0.818 bits per heavy atom. The predicted octanol–water partition coefficient (Wildman–Crippen LogP) is 20.0. The van der Waals surface area contributed by atoms with Crippen LogP contribution in [0, 0.1) is 6.92 Å². The van der Waals surface area contributed by atoms with E-state index in [1.54, 1.807) is 12.1 Å². The molecule has 0 fully saturated rings. The lowest BCUT2D eigenvalue weighted by atomic mass is 10.0. The van der Waals surface area contributed by atoms with Gasteiger partial charge in [-0.15, -0.1) is 0 Å². The van der Waals surface area contributed by atoms with Crippen molar-refractivity contribution >= 4 is 119 Å². The van der Waals surface area contributed by atoms with E-state index in [1.165, 1.54) is 103 Å². The van der Waals surface area contributed by atoms with Crippen LogP contribution in [0.3, 0.4) is 0 Å². The number of hydrogen-bond donors (Lipinski definition) is 0. The van der Waals surface area contributed by atoms with Crippen LogP contribution >= 0.6 is 0 Å². The van der Waals surface area contributed by atoms with Crippen molar-refractivity contribution in [1.29, 1.82) is 0 Å². The van der Waals surface area contributed by atoms with E-state index >= 15 is 0 Å². The van der Waals surface area contributed by atoms with Crippen molar-refractivity contribution in [3.63, 3.8) is 0 Å². The van der Waals surface area contributed by atoms with Crippen LogP contribution in [0.15, 0.2) is 296 Å². The van der Waals surface area contributed by atoms with E-state index in [-0.39, 0.29) is 4.90 Å². The Bertz CT molecular complexity index is 5530. The molecule has 19 rings (SSSR count). The first-order chi connectivity index (χ1) is 43.3. The highest BCUT2D eigenvalue weighted by atomic mass is 32.2. The third-order valence-electron chi connectivity index (χ3n) is 18.5. The summed E-state index contributed by atoms with van der Waals surface area (Å²) in [6, 6.07) is 102. The minimum Gasteiger partial charge on any atom is -0.309 e. The summed E-state index contributed by atoms with van der Waals surface area (Å²) in [6.45, 7) is 1.96. The Morgan fingerprint density at radius 2 is 0.523 bits per heavy atom. The second kappa shape index (κ2) is 19.2. The summed E-state index contributed by atoms with van der Waals surface area (Å²) in [4.78, 5) is 0.259. The molecule has 88 heavy (non-hydrogen) atoms. The van der Waals surface area contributed by atoms with E-state index in [2.05, 4.69) is 261 Å². The zero-order valence-electron chi connectivity index (χ0n) is 47.9. The van der Waals surface area contributed by atoms with Gasteiger partial charge in [-0.1, -0.05) is 175 Å². The van der Waals surface area contributed by atoms with Crippen LogP contribution in [0.25, 0.3) is 143 Å². The summed E-state index contributed by atoms with van der Waals surface area (Å²) in [7, 11) is -3.93. The topological polar surface area (TPSA) is 58.8 Å². The van der Waals surface area contributed by atoms with Crippen molar-refractivity contribution in [2.45, 2.75) is 18.2 Å². The number of fused-ring (bicyclic) bond motifs is 18. The molecular weight excluding hydrogens is 1090 g/mol. The van der Waals surface area contributed by atoms with Gasteiger partial charge < -0.3 is 18.3 Å². The van der Waals surface area contributed by atoms with Gasteiger partial charge in [0.1, 0.15) is 0 Å². The maximum Gasteiger partial charge on any atom is 0.268 e. The number of aromatic nitrogens is 5. The van der Waals surface area contributed by atoms with Crippen molar-refractivity contribution in [2.24, 2.45) is 0 Å². The monoisotopic (exact) mass is 1150 g/mol. The molecule has 0 amide bonds. The van der Waals surface area contributed by atoms with Crippen molar-refractivity contribution in [1.82, 2.24) is 22.2 Å². The molecule has 5 aromatic heterocycles. The number of benzene rings is 13. The fraction of sp³-hybridized carbons (Fsp3) is 0.0250. The smallest absolute Gasteiger partial charge is 0.268 e. The first kappa shape index (κ1) is 50.2. The highest BCUT2D eigenvalue weighted by molar-refractivity contribution is 7.90. The molecule has 1 aliphatic rings. The molecule has 0 saturated heterocycles. The van der Waals surface area contributed by atoms with Crippen LogP contribution in [-0.2, 0) is 16.4 Å². The van der Waals surface area contributed by atoms with Gasteiger partial charge in [-0.2, -0.15) is 0 Å². The predicted molar refractivity (Wildman–Crippen MR) is 365 cm³/mol. The number of rotatable bonds is 6. The van der Waals surface area contributed by atoms with Crippen LogP contribution in [0.5, 0.6) is 0 Å². The molecule has 1 aliphatic carbocycles. The molecule has 5 heterocycles. The Morgan fingerprint density at radius 1 is 0.261 bits per heavy atom. The van der Waals surface area contributed by atoms with Gasteiger partial charge in [-0.3, -0.25) is 0 Å². The van der Waals surface area contributed by atoms with Gasteiger partial charge >= 0.3 is 0 Å². The minimum absolute atomic E-state index is 0.259. The first-order valence-electron chi connectivity index (χ1n) is 29.9. The van der Waals surface area contributed by atoms with Crippen molar-refractivity contribution in [3.05, 3.63) is 308 Å². The Kier molecular flexibility index (Phi) is 10.9. The SMILES string of the molecule is Cc1ccc(S(=O)(=O)n2c3ccc(-n4c5ccccc5c5ccccc54)cc3c3cc(-n4c5ccccc5c5ccccc54)ccc32)cc1.c1ccc2c(c1)c1ccccc1n2-c1ccc2c(c1)-c1cc(-n3c4ccccc4c4ccccc43)ccc1C2. The normalized spacial score (nSPS) is 12.4. The third kappa shape index (κ3) is 7.39. The second-order valence-electron chi connectivity index (χ2n) is 23.3. The van der Waals surface area contributed by atoms with Gasteiger partial charge in [0, 0.05) is 76.6 Å². The average molecular weight is 1150 g/mol. The van der Waals surface area contributed by atoms with Crippen LogP contribution in [-0.4, -0.2) is 30.7 Å². The van der Waals surface area contributed by atoms with E-state index in [0.29, 0.717) is 11.0 Å². The molecule has 0 spiro atoms. The minimum atomic E-state index is -3.93. The zero-order valence-corrected chi connectivity index (χ0v) is 48.7. The molecule has 7 nitrogen and oxygen atoms in total. The molecule has 0 bridgehead atoms. The summed E-state index contributed by atoms with van der Waals surface area (Å²) in [5.41, 5.74) is 21.5. The van der Waals surface area contributed by atoms with Crippen molar-refractivity contribution in [2.75, 3.05) is 0 Å². The fourth-order valence-corrected chi connectivity index (χ4v) is 16.1. The first-order valence-corrected chi connectivity index (χ1v) is 31.4. The van der Waals surface area contributed by atoms with Gasteiger partial charge in [0.2, 0.25) is 0 Å². The van der Waals surface area contributed by atoms with Crippen LogP contribution < -0.4 is 0 Å². The lowest BCUT2D eigenvalue weighted by Gasteiger charge is -2.12. The van der Waals surface area contributed by atoms with Crippen LogP contribution in [0.2, 0.25) is 0 Å². The Balaban J connectivity index is 0.000000135. The molecule has 0 aliphatic heterocycles. The zero-order chi connectivity index (χ0) is 58.4. The van der Waals surface area contributed by atoms with Gasteiger partial charge in [0.05, 0.1) is 60.1 Å². The number of hydrogen-bond acceptors (Lipinski definition) is 2. The molecule has 18 aromatic rings. The Labute approximate surface area is 506 Å². The summed E-state index contributed by atoms with van der Waals surface area (Å²) in [5, 5.41) is 11.6. The van der Waals surface area contributed by atoms with E-state index < -0.39 is 10.0 Å². The van der Waals surface area contributed by atoms with Gasteiger partial charge in [0.15, 0.2) is 0 Å². The van der Waals surface area contributed by atoms with Crippen LogP contribution in [0.1, 0.15) is 16.7 Å². The summed E-state index contributed by atoms with van der Waals surface area (Å²) in [6.07, 6.45) is 0.978. The molecule has 0 N–H and O–H groups in total. The quantitative estimate of drug-likeness (QED) is 0.167. The van der Waals surface area contributed by atoms with Gasteiger partial charge in [-0.05, 0) is 157 Å². The van der Waals surface area contributed by atoms with Crippen molar-refractivity contribution in [3.8, 4) is 33.9 Å². The lowest BCUT2D eigenvalue weighted by Crippen LogP contribution is -2.12.